The number of ether oxygens (including phenoxy) is 1. The van der Waals surface area contributed by atoms with Gasteiger partial charge in [-0.2, -0.15) is 0 Å². The van der Waals surface area contributed by atoms with Crippen LogP contribution in [0.5, 0.6) is 5.75 Å². The molecule has 0 spiro atoms. The Hall–Kier alpha value is -3.92. The summed E-state index contributed by atoms with van der Waals surface area (Å²) in [7, 11) is -3.89. The van der Waals surface area contributed by atoms with Crippen molar-refractivity contribution in [1.82, 2.24) is 10.2 Å². The van der Waals surface area contributed by atoms with Gasteiger partial charge in [-0.25, -0.2) is 12.8 Å². The highest BCUT2D eigenvalue weighted by atomic mass is 32.2. The van der Waals surface area contributed by atoms with Crippen molar-refractivity contribution < 1.29 is 27.1 Å². The summed E-state index contributed by atoms with van der Waals surface area (Å²) in [6, 6.07) is 21.1. The van der Waals surface area contributed by atoms with Gasteiger partial charge in [0.1, 0.15) is 30.8 Å². The van der Waals surface area contributed by atoms with Crippen LogP contribution >= 0.6 is 0 Å². The first kappa shape index (κ1) is 30.0. The minimum atomic E-state index is -3.89. The molecule has 1 atom stereocenters. The number of rotatable bonds is 12. The van der Waals surface area contributed by atoms with Crippen molar-refractivity contribution in [2.45, 2.75) is 57.8 Å². The third-order valence-electron chi connectivity index (χ3n) is 7.22. The molecule has 8 nitrogen and oxygen atoms in total. The molecule has 218 valence electrons. The number of anilines is 1. The fourth-order valence-corrected chi connectivity index (χ4v) is 5.70. The Balaban J connectivity index is 1.53. The Bertz CT molecular complexity index is 1430. The maximum atomic E-state index is 14.6. The topological polar surface area (TPSA) is 96.0 Å². The summed E-state index contributed by atoms with van der Waals surface area (Å²) in [5.74, 6) is -0.958. The van der Waals surface area contributed by atoms with E-state index < -0.39 is 34.3 Å². The van der Waals surface area contributed by atoms with Crippen molar-refractivity contribution in [3.63, 3.8) is 0 Å². The molecule has 3 aromatic rings. The van der Waals surface area contributed by atoms with Crippen LogP contribution in [0.1, 0.15) is 43.7 Å². The smallest absolute Gasteiger partial charge is 0.244 e. The maximum absolute atomic E-state index is 14.6. The molecule has 0 saturated heterocycles. The Kier molecular flexibility index (Phi) is 9.99. The molecule has 1 aliphatic rings. The number of nitrogens with one attached hydrogen (secondary N) is 1. The molecule has 1 aliphatic carbocycles. The molecule has 2 amide bonds. The summed E-state index contributed by atoms with van der Waals surface area (Å²) in [5, 5.41) is 2.99. The average molecular weight is 582 g/mol. The van der Waals surface area contributed by atoms with Crippen molar-refractivity contribution in [2.24, 2.45) is 0 Å². The van der Waals surface area contributed by atoms with E-state index in [4.69, 9.17) is 4.74 Å². The third kappa shape index (κ3) is 8.29. The number of hydrogen-bond donors (Lipinski definition) is 1. The molecule has 0 aliphatic heterocycles. The van der Waals surface area contributed by atoms with Gasteiger partial charge in [-0.15, -0.1) is 0 Å². The molecular formula is C31H36FN3O5S. The lowest BCUT2D eigenvalue weighted by molar-refractivity contribution is -0.139. The quantitative estimate of drug-likeness (QED) is 0.336. The number of nitrogens with zero attached hydrogens (tertiary/aromatic N) is 2. The summed E-state index contributed by atoms with van der Waals surface area (Å²) >= 11 is 0. The van der Waals surface area contributed by atoms with E-state index >= 15 is 0 Å². The predicted octanol–water partition coefficient (Wildman–Crippen LogP) is 4.65. The molecule has 0 radical (unpaired) electrons. The van der Waals surface area contributed by atoms with Gasteiger partial charge >= 0.3 is 0 Å². The summed E-state index contributed by atoms with van der Waals surface area (Å²) in [4.78, 5) is 28.1. The van der Waals surface area contributed by atoms with Gasteiger partial charge in [-0.3, -0.25) is 13.9 Å². The minimum Gasteiger partial charge on any atom is -0.489 e. The van der Waals surface area contributed by atoms with Gasteiger partial charge in [0, 0.05) is 18.2 Å². The van der Waals surface area contributed by atoms with E-state index in [1.54, 1.807) is 49.4 Å². The highest BCUT2D eigenvalue weighted by Gasteiger charge is 2.31. The highest BCUT2D eigenvalue weighted by molar-refractivity contribution is 7.92. The number of carbonyl (C=O) groups is 2. The van der Waals surface area contributed by atoms with Crippen LogP contribution in [0.25, 0.3) is 0 Å². The summed E-state index contributed by atoms with van der Waals surface area (Å²) in [5.41, 5.74) is 1.48. The van der Waals surface area contributed by atoms with Gasteiger partial charge in [-0.1, -0.05) is 61.4 Å². The van der Waals surface area contributed by atoms with Crippen molar-refractivity contribution in [3.05, 3.63) is 95.8 Å². The second kappa shape index (κ2) is 13.6. The Morgan fingerprint density at radius 3 is 2.24 bits per heavy atom. The predicted molar refractivity (Wildman–Crippen MR) is 156 cm³/mol. The molecule has 4 rings (SSSR count). The zero-order chi connectivity index (χ0) is 29.4. The second-order valence-electron chi connectivity index (χ2n) is 10.3. The second-order valence-corrected chi connectivity index (χ2v) is 12.2. The van der Waals surface area contributed by atoms with Crippen molar-refractivity contribution >= 4 is 27.5 Å². The monoisotopic (exact) mass is 581 g/mol. The largest absolute Gasteiger partial charge is 0.489 e. The van der Waals surface area contributed by atoms with Crippen molar-refractivity contribution in [3.8, 4) is 5.75 Å². The number of hydrogen-bond acceptors (Lipinski definition) is 5. The van der Waals surface area contributed by atoms with E-state index in [1.165, 1.54) is 11.0 Å². The van der Waals surface area contributed by atoms with Gasteiger partial charge < -0.3 is 15.0 Å². The summed E-state index contributed by atoms with van der Waals surface area (Å²) in [6.07, 6.45) is 4.80. The molecule has 3 aromatic carbocycles. The van der Waals surface area contributed by atoms with Crippen LogP contribution in [0, 0.1) is 5.82 Å². The van der Waals surface area contributed by atoms with Gasteiger partial charge in [0.05, 0.1) is 11.9 Å². The van der Waals surface area contributed by atoms with Crippen LogP contribution in [0.15, 0.2) is 78.9 Å². The molecule has 0 bridgehead atoms. The number of amides is 2. The Labute approximate surface area is 241 Å². The number of sulfonamides is 1. The van der Waals surface area contributed by atoms with E-state index in [0.29, 0.717) is 12.4 Å². The van der Waals surface area contributed by atoms with Crippen LogP contribution in [-0.4, -0.2) is 50.0 Å². The first-order valence-corrected chi connectivity index (χ1v) is 15.5. The summed E-state index contributed by atoms with van der Waals surface area (Å²) in [6.45, 7) is 1.18. The SMILES string of the molecule is C[C@H](C(=O)NC1CCCC1)N(Cc1ccccc1F)C(=O)CN(c1ccc(OCc2ccccc2)cc1)S(C)(=O)=O. The van der Waals surface area contributed by atoms with E-state index in [0.717, 1.165) is 41.8 Å². The van der Waals surface area contributed by atoms with Gasteiger partial charge in [-0.05, 0) is 55.7 Å². The average Bonchev–Trinajstić information content (AvgIpc) is 3.47. The zero-order valence-electron chi connectivity index (χ0n) is 23.3. The van der Waals surface area contributed by atoms with Crippen LogP contribution in [-0.2, 0) is 32.8 Å². The first-order chi connectivity index (χ1) is 19.6. The van der Waals surface area contributed by atoms with Gasteiger partial charge in [0.2, 0.25) is 21.8 Å². The lowest BCUT2D eigenvalue weighted by Crippen LogP contribution is -2.52. The van der Waals surface area contributed by atoms with Crippen molar-refractivity contribution in [2.75, 3.05) is 17.1 Å². The number of halogens is 1. The van der Waals surface area contributed by atoms with Crippen LogP contribution in [0.4, 0.5) is 10.1 Å². The molecule has 41 heavy (non-hydrogen) atoms. The van der Waals surface area contributed by atoms with Gasteiger partial charge in [0.15, 0.2) is 0 Å². The van der Waals surface area contributed by atoms with Crippen molar-refractivity contribution in [1.29, 1.82) is 0 Å². The zero-order valence-corrected chi connectivity index (χ0v) is 24.1. The van der Waals surface area contributed by atoms with Gasteiger partial charge in [0.25, 0.3) is 0 Å². The number of benzene rings is 3. The molecule has 1 N–H and O–H groups in total. The van der Waals surface area contributed by atoms with Crippen LogP contribution in [0.2, 0.25) is 0 Å². The molecular weight excluding hydrogens is 545 g/mol. The minimum absolute atomic E-state index is 0.0329. The van der Waals surface area contributed by atoms with E-state index in [1.807, 2.05) is 30.3 Å². The molecule has 1 fully saturated rings. The normalized spacial score (nSPS) is 14.3. The van der Waals surface area contributed by atoms with E-state index in [-0.39, 0.29) is 29.7 Å². The maximum Gasteiger partial charge on any atom is 0.244 e. The molecule has 1 saturated carbocycles. The molecule has 10 heteroatoms. The van der Waals surface area contributed by atoms with Crippen LogP contribution in [0.3, 0.4) is 0 Å². The van der Waals surface area contributed by atoms with Crippen LogP contribution < -0.4 is 14.4 Å². The lowest BCUT2D eigenvalue weighted by Gasteiger charge is -2.32. The molecule has 0 unspecified atom stereocenters. The third-order valence-corrected chi connectivity index (χ3v) is 8.36. The highest BCUT2D eigenvalue weighted by Crippen LogP contribution is 2.24. The Morgan fingerprint density at radius 2 is 1.61 bits per heavy atom. The lowest BCUT2D eigenvalue weighted by atomic mass is 10.1. The summed E-state index contributed by atoms with van der Waals surface area (Å²) < 4.78 is 47.0. The molecule has 0 aromatic heterocycles. The first-order valence-electron chi connectivity index (χ1n) is 13.7. The fraction of sp³-hybridized carbons (Fsp3) is 0.355. The van der Waals surface area contributed by atoms with E-state index in [2.05, 4.69) is 5.32 Å². The number of carbonyl (C=O) groups excluding carboxylic acids is 2. The fourth-order valence-electron chi connectivity index (χ4n) is 4.85. The Morgan fingerprint density at radius 1 is 0.976 bits per heavy atom. The molecule has 0 heterocycles. The van der Waals surface area contributed by atoms with E-state index in [9.17, 15) is 22.4 Å². The standard InChI is InChI=1S/C31H36FN3O5S/c1-23(31(37)33-26-13-7-8-14-26)34(20-25-12-6-9-15-29(25)32)30(36)21-35(41(2,38)39)27-16-18-28(19-17-27)40-22-24-10-4-3-5-11-24/h3-6,9-12,15-19,23,26H,7-8,13-14,20-22H2,1-2H3,(H,33,37)/t23-/m1/s1.